The average Bonchev–Trinajstić information content (AvgIpc) is 2.75. The molecule has 7 heteroatoms. The fourth-order valence-electron chi connectivity index (χ4n) is 3.87. The summed E-state index contributed by atoms with van der Waals surface area (Å²) in [4.78, 5) is 15.2. The maximum Gasteiger partial charge on any atom is 0.243 e. The summed E-state index contributed by atoms with van der Waals surface area (Å²) in [6.45, 7) is 6.27. The number of hydrogen-bond donors (Lipinski definition) is 1. The minimum atomic E-state index is -3.60. The highest BCUT2D eigenvalue weighted by Gasteiger charge is 2.24. The van der Waals surface area contributed by atoms with Crippen molar-refractivity contribution in [1.82, 2.24) is 4.31 Å². The van der Waals surface area contributed by atoms with Crippen LogP contribution in [-0.4, -0.2) is 44.8 Å². The van der Waals surface area contributed by atoms with E-state index in [1.807, 2.05) is 50.2 Å². The second-order valence-corrected chi connectivity index (χ2v) is 9.46. The molecule has 1 aliphatic rings. The van der Waals surface area contributed by atoms with Gasteiger partial charge in [0.25, 0.3) is 0 Å². The lowest BCUT2D eigenvalue weighted by Crippen LogP contribution is -2.32. The van der Waals surface area contributed by atoms with Crippen LogP contribution in [0.15, 0.2) is 53.4 Å². The first-order valence-corrected chi connectivity index (χ1v) is 12.1. The van der Waals surface area contributed by atoms with E-state index < -0.39 is 10.0 Å². The Bertz CT molecular complexity index is 951. The number of anilines is 2. The van der Waals surface area contributed by atoms with Gasteiger partial charge in [0.15, 0.2) is 0 Å². The van der Waals surface area contributed by atoms with E-state index in [1.54, 1.807) is 12.1 Å². The molecule has 0 saturated carbocycles. The number of nitrogens with zero attached hydrogens (tertiary/aromatic N) is 2. The van der Waals surface area contributed by atoms with Crippen LogP contribution in [0.1, 0.15) is 38.7 Å². The van der Waals surface area contributed by atoms with Crippen LogP contribution in [0.25, 0.3) is 0 Å². The van der Waals surface area contributed by atoms with Gasteiger partial charge in [0.2, 0.25) is 15.9 Å². The van der Waals surface area contributed by atoms with Gasteiger partial charge in [0.1, 0.15) is 0 Å². The topological polar surface area (TPSA) is 69.7 Å². The third kappa shape index (κ3) is 5.21. The maximum absolute atomic E-state index is 13.0. The Labute approximate surface area is 179 Å². The Kier molecular flexibility index (Phi) is 7.50. The zero-order valence-corrected chi connectivity index (χ0v) is 18.6. The van der Waals surface area contributed by atoms with E-state index in [9.17, 15) is 13.2 Å². The summed E-state index contributed by atoms with van der Waals surface area (Å²) in [7, 11) is -3.60. The molecular formula is C23H31N3O3S. The summed E-state index contributed by atoms with van der Waals surface area (Å²) in [5.74, 6) is -0.156. The predicted octanol–water partition coefficient (Wildman–Crippen LogP) is 3.89. The van der Waals surface area contributed by atoms with E-state index in [0.29, 0.717) is 18.8 Å². The first-order valence-electron chi connectivity index (χ1n) is 10.7. The van der Waals surface area contributed by atoms with Gasteiger partial charge >= 0.3 is 0 Å². The van der Waals surface area contributed by atoms with Crippen molar-refractivity contribution in [2.75, 3.05) is 36.4 Å². The van der Waals surface area contributed by atoms with Crippen molar-refractivity contribution < 1.29 is 13.2 Å². The van der Waals surface area contributed by atoms with Crippen LogP contribution < -0.4 is 10.2 Å². The normalized spacial score (nSPS) is 14.7. The van der Waals surface area contributed by atoms with Crippen LogP contribution in [0.2, 0.25) is 0 Å². The number of carbonyl (C=O) groups is 1. The summed E-state index contributed by atoms with van der Waals surface area (Å²) in [6, 6.07) is 14.6. The number of sulfonamides is 1. The molecule has 2 aromatic rings. The number of amides is 1. The molecule has 2 aromatic carbocycles. The fourth-order valence-corrected chi connectivity index (χ4v) is 5.36. The number of piperidine rings is 1. The second-order valence-electron chi connectivity index (χ2n) is 7.53. The van der Waals surface area contributed by atoms with Gasteiger partial charge in [0.05, 0.1) is 22.7 Å². The lowest BCUT2D eigenvalue weighted by atomic mass is 10.1. The lowest BCUT2D eigenvalue weighted by Gasteiger charge is -2.31. The summed E-state index contributed by atoms with van der Waals surface area (Å²) in [6.07, 6.45) is 3.63. The SMILES string of the molecule is CCN(CC)S(=O)(=O)c1ccc(N2CCCCC2)c(NC(=O)Cc2ccccc2)c1. The lowest BCUT2D eigenvalue weighted by molar-refractivity contribution is -0.115. The smallest absolute Gasteiger partial charge is 0.243 e. The van der Waals surface area contributed by atoms with E-state index >= 15 is 0 Å². The molecule has 1 N–H and O–H groups in total. The van der Waals surface area contributed by atoms with Crippen LogP contribution in [0, 0.1) is 0 Å². The highest BCUT2D eigenvalue weighted by Crippen LogP contribution is 2.32. The fraction of sp³-hybridized carbons (Fsp3) is 0.435. The molecule has 0 radical (unpaired) electrons. The Hall–Kier alpha value is -2.38. The van der Waals surface area contributed by atoms with Gasteiger partial charge in [-0.3, -0.25) is 4.79 Å². The summed E-state index contributed by atoms with van der Waals surface area (Å²) in [5.41, 5.74) is 2.36. The summed E-state index contributed by atoms with van der Waals surface area (Å²) < 4.78 is 27.5. The average molecular weight is 430 g/mol. The van der Waals surface area contributed by atoms with Gasteiger partial charge < -0.3 is 10.2 Å². The zero-order valence-electron chi connectivity index (χ0n) is 17.8. The molecule has 30 heavy (non-hydrogen) atoms. The van der Waals surface area contributed by atoms with Crippen LogP contribution in [0.3, 0.4) is 0 Å². The van der Waals surface area contributed by atoms with Gasteiger partial charge in [-0.15, -0.1) is 0 Å². The Morgan fingerprint density at radius 3 is 2.30 bits per heavy atom. The monoisotopic (exact) mass is 429 g/mol. The number of nitrogens with one attached hydrogen (secondary N) is 1. The molecule has 0 unspecified atom stereocenters. The number of carbonyl (C=O) groups excluding carboxylic acids is 1. The van der Waals surface area contributed by atoms with Crippen molar-refractivity contribution in [3.8, 4) is 0 Å². The molecule has 6 nitrogen and oxygen atoms in total. The minimum absolute atomic E-state index is 0.156. The molecule has 0 aliphatic carbocycles. The molecule has 1 aliphatic heterocycles. The van der Waals surface area contributed by atoms with Crippen LogP contribution in [-0.2, 0) is 21.2 Å². The molecule has 3 rings (SSSR count). The molecule has 0 spiro atoms. The van der Waals surface area contributed by atoms with Crippen molar-refractivity contribution in [3.05, 3.63) is 54.1 Å². The molecule has 0 aromatic heterocycles. The first kappa shape index (κ1) is 22.3. The first-order chi connectivity index (χ1) is 14.5. The van der Waals surface area contributed by atoms with E-state index in [-0.39, 0.29) is 17.2 Å². The maximum atomic E-state index is 13.0. The summed E-state index contributed by atoms with van der Waals surface area (Å²) >= 11 is 0. The molecule has 1 amide bonds. The quantitative estimate of drug-likeness (QED) is 0.691. The molecule has 1 saturated heterocycles. The molecule has 162 valence electrons. The summed E-state index contributed by atoms with van der Waals surface area (Å²) in [5, 5.41) is 2.98. The molecule has 0 bridgehead atoms. The van der Waals surface area contributed by atoms with Crippen molar-refractivity contribution in [2.24, 2.45) is 0 Å². The van der Waals surface area contributed by atoms with Crippen molar-refractivity contribution in [2.45, 2.75) is 44.4 Å². The van der Waals surface area contributed by atoms with E-state index in [2.05, 4.69) is 10.2 Å². The standard InChI is InChI=1S/C23H31N3O3S/c1-3-26(4-2)30(28,29)20-13-14-22(25-15-9-6-10-16-25)21(18-20)24-23(27)17-19-11-7-5-8-12-19/h5,7-8,11-14,18H,3-4,6,9-10,15-17H2,1-2H3,(H,24,27). The highest BCUT2D eigenvalue weighted by atomic mass is 32.2. The van der Waals surface area contributed by atoms with Gasteiger partial charge in [-0.25, -0.2) is 8.42 Å². The third-order valence-corrected chi connectivity index (χ3v) is 7.54. The van der Waals surface area contributed by atoms with E-state index in [1.165, 1.54) is 10.7 Å². The molecule has 0 atom stereocenters. The Balaban J connectivity index is 1.92. The molecule has 1 heterocycles. The van der Waals surface area contributed by atoms with E-state index in [0.717, 1.165) is 37.2 Å². The second kappa shape index (κ2) is 10.1. The molecular weight excluding hydrogens is 398 g/mol. The third-order valence-electron chi connectivity index (χ3n) is 5.49. The van der Waals surface area contributed by atoms with E-state index in [4.69, 9.17) is 0 Å². The van der Waals surface area contributed by atoms with Gasteiger partial charge in [-0.2, -0.15) is 4.31 Å². The van der Waals surface area contributed by atoms with Crippen LogP contribution in [0.5, 0.6) is 0 Å². The predicted molar refractivity (Wildman–Crippen MR) is 121 cm³/mol. The number of rotatable bonds is 8. The Morgan fingerprint density at radius 1 is 1.00 bits per heavy atom. The van der Waals surface area contributed by atoms with Crippen molar-refractivity contribution in [1.29, 1.82) is 0 Å². The number of benzene rings is 2. The van der Waals surface area contributed by atoms with Crippen molar-refractivity contribution >= 4 is 27.3 Å². The minimum Gasteiger partial charge on any atom is -0.370 e. The van der Waals surface area contributed by atoms with Gasteiger partial charge in [0, 0.05) is 26.2 Å². The largest absolute Gasteiger partial charge is 0.370 e. The van der Waals surface area contributed by atoms with Crippen LogP contribution >= 0.6 is 0 Å². The van der Waals surface area contributed by atoms with Gasteiger partial charge in [-0.05, 0) is 43.0 Å². The number of hydrogen-bond acceptors (Lipinski definition) is 4. The molecule has 1 fully saturated rings. The van der Waals surface area contributed by atoms with Crippen LogP contribution in [0.4, 0.5) is 11.4 Å². The van der Waals surface area contributed by atoms with Crippen molar-refractivity contribution in [3.63, 3.8) is 0 Å². The Morgan fingerprint density at radius 2 is 1.67 bits per heavy atom. The highest BCUT2D eigenvalue weighted by molar-refractivity contribution is 7.89. The zero-order chi connectivity index (χ0) is 21.6. The van der Waals surface area contributed by atoms with Gasteiger partial charge in [-0.1, -0.05) is 44.2 Å².